The molecule has 0 aliphatic heterocycles. The molecule has 0 bridgehead atoms. The van der Waals surface area contributed by atoms with Crippen LogP contribution in [0.25, 0.3) is 0 Å². The molecule has 0 spiro atoms. The molecule has 6 nitrogen and oxygen atoms in total. The highest BCUT2D eigenvalue weighted by Gasteiger charge is 2.39. The van der Waals surface area contributed by atoms with Gasteiger partial charge in [0, 0.05) is 37.4 Å². The van der Waals surface area contributed by atoms with E-state index in [4.69, 9.17) is 0 Å². The van der Waals surface area contributed by atoms with Crippen LogP contribution < -0.4 is 16.0 Å². The van der Waals surface area contributed by atoms with E-state index < -0.39 is 0 Å². The summed E-state index contributed by atoms with van der Waals surface area (Å²) in [5.41, 5.74) is 1.09. The lowest BCUT2D eigenvalue weighted by molar-refractivity contribution is -0.132. The summed E-state index contributed by atoms with van der Waals surface area (Å²) in [6.45, 7) is 6.25. The molecule has 0 aromatic heterocycles. The molecule has 2 aliphatic carbocycles. The second-order valence-electron chi connectivity index (χ2n) is 10.6. The van der Waals surface area contributed by atoms with Gasteiger partial charge in [0.05, 0.1) is 0 Å². The lowest BCUT2D eigenvalue weighted by atomic mass is 9.73. The number of carbonyl (C=O) groups excluding carboxylic acids is 3. The average Bonchev–Trinajstić information content (AvgIpc) is 2.86. The van der Waals surface area contributed by atoms with Crippen molar-refractivity contribution in [3.8, 4) is 0 Å². The van der Waals surface area contributed by atoms with E-state index in [1.807, 2.05) is 30.3 Å². The molecule has 0 saturated heterocycles. The van der Waals surface area contributed by atoms with Crippen LogP contribution in [0.4, 0.5) is 0 Å². The van der Waals surface area contributed by atoms with Crippen molar-refractivity contribution in [2.45, 2.75) is 104 Å². The van der Waals surface area contributed by atoms with E-state index in [1.165, 1.54) is 0 Å². The smallest absolute Gasteiger partial charge is 0.223 e. The molecule has 6 heteroatoms. The first-order chi connectivity index (χ1) is 16.9. The maximum atomic E-state index is 13.6. The molecular formula is C29H45N3O3. The molecule has 0 radical (unpaired) electrons. The summed E-state index contributed by atoms with van der Waals surface area (Å²) in [6.07, 6.45) is 9.73. The van der Waals surface area contributed by atoms with Crippen molar-refractivity contribution in [3.05, 3.63) is 35.9 Å². The third-order valence-electron chi connectivity index (χ3n) is 8.25. The first-order valence-electron chi connectivity index (χ1n) is 13.8. The molecule has 1 aromatic rings. The van der Waals surface area contributed by atoms with E-state index in [0.29, 0.717) is 6.54 Å². The van der Waals surface area contributed by atoms with Gasteiger partial charge in [0.15, 0.2) is 0 Å². The van der Waals surface area contributed by atoms with Gasteiger partial charge < -0.3 is 16.0 Å². The zero-order valence-electron chi connectivity index (χ0n) is 21.9. The number of benzene rings is 1. The molecule has 1 aromatic carbocycles. The van der Waals surface area contributed by atoms with Gasteiger partial charge in [-0.15, -0.1) is 0 Å². The van der Waals surface area contributed by atoms with Crippen LogP contribution in [0.3, 0.4) is 0 Å². The number of nitrogens with one attached hydrogen (secondary N) is 3. The summed E-state index contributed by atoms with van der Waals surface area (Å²) >= 11 is 0. The monoisotopic (exact) mass is 483 g/mol. The van der Waals surface area contributed by atoms with E-state index in [2.05, 4.69) is 29.8 Å². The summed E-state index contributed by atoms with van der Waals surface area (Å²) in [7, 11) is 0. The molecule has 3 N–H and O–H groups in total. The Morgan fingerprint density at radius 1 is 0.771 bits per heavy atom. The number of rotatable bonds is 10. The largest absolute Gasteiger partial charge is 0.353 e. The average molecular weight is 484 g/mol. The molecule has 2 fully saturated rings. The molecule has 2 saturated carbocycles. The van der Waals surface area contributed by atoms with Crippen LogP contribution in [0, 0.1) is 23.7 Å². The van der Waals surface area contributed by atoms with Gasteiger partial charge in [-0.2, -0.15) is 0 Å². The Bertz CT molecular complexity index is 828. The lowest BCUT2D eigenvalue weighted by Crippen LogP contribution is -2.52. The Morgan fingerprint density at radius 3 is 1.83 bits per heavy atom. The molecule has 2 aliphatic rings. The highest BCUT2D eigenvalue weighted by molar-refractivity contribution is 5.81. The van der Waals surface area contributed by atoms with Gasteiger partial charge in [0.1, 0.15) is 0 Å². The van der Waals surface area contributed by atoms with Crippen molar-refractivity contribution in [2.75, 3.05) is 0 Å². The highest BCUT2D eigenvalue weighted by Crippen LogP contribution is 2.35. The van der Waals surface area contributed by atoms with Crippen LogP contribution in [-0.2, 0) is 20.9 Å². The number of amides is 3. The van der Waals surface area contributed by atoms with Crippen molar-refractivity contribution in [2.24, 2.45) is 23.7 Å². The van der Waals surface area contributed by atoms with Crippen molar-refractivity contribution >= 4 is 17.7 Å². The summed E-state index contributed by atoms with van der Waals surface area (Å²) in [5, 5.41) is 9.65. The van der Waals surface area contributed by atoms with Crippen molar-refractivity contribution in [1.29, 1.82) is 0 Å². The first-order valence-corrected chi connectivity index (χ1v) is 13.8. The SMILES string of the molecule is CC[C@H](C(=O)N[C@H]1CCCC[C@H]1[C@H](CC)C(=O)NCc1ccccc1)[C@@H]1CCCC[C@@H]1NC(C)=O. The topological polar surface area (TPSA) is 87.3 Å². The standard InChI is InChI=1S/C29H45N3O3/c1-4-22(28(34)30-19-21-13-7-6-8-14-21)24-15-10-12-18-27(24)32-29(35)23(5-2)25-16-9-11-17-26(25)31-20(3)33/h6-8,13-14,22-27H,4-5,9-12,15-19H2,1-3H3,(H,30,34)(H,31,33)(H,32,35)/t22-,23-,24-,25-,26-,27-/m0/s1. The third-order valence-corrected chi connectivity index (χ3v) is 8.25. The zero-order chi connectivity index (χ0) is 25.2. The quantitative estimate of drug-likeness (QED) is 0.450. The van der Waals surface area contributed by atoms with E-state index in [1.54, 1.807) is 6.92 Å². The van der Waals surface area contributed by atoms with Crippen LogP contribution in [0.2, 0.25) is 0 Å². The second kappa shape index (κ2) is 13.6. The predicted octanol–water partition coefficient (Wildman–Crippen LogP) is 4.73. The van der Waals surface area contributed by atoms with Gasteiger partial charge in [0.2, 0.25) is 17.7 Å². The van der Waals surface area contributed by atoms with E-state index >= 15 is 0 Å². The minimum atomic E-state index is -0.110. The van der Waals surface area contributed by atoms with Crippen LogP contribution in [0.15, 0.2) is 30.3 Å². The highest BCUT2D eigenvalue weighted by atomic mass is 16.2. The molecule has 0 unspecified atom stereocenters. The Labute approximate surface area is 211 Å². The number of hydrogen-bond acceptors (Lipinski definition) is 3. The van der Waals surface area contributed by atoms with E-state index in [0.717, 1.165) is 69.8 Å². The fraction of sp³-hybridized carbons (Fsp3) is 0.690. The molecule has 194 valence electrons. The minimum absolute atomic E-state index is 0.0168. The summed E-state index contributed by atoms with van der Waals surface area (Å²) in [6, 6.07) is 10.1. The van der Waals surface area contributed by atoms with Gasteiger partial charge in [-0.25, -0.2) is 0 Å². The second-order valence-corrected chi connectivity index (χ2v) is 10.6. The third kappa shape index (κ3) is 7.55. The van der Waals surface area contributed by atoms with Crippen molar-refractivity contribution in [3.63, 3.8) is 0 Å². The van der Waals surface area contributed by atoms with Gasteiger partial charge in [-0.3, -0.25) is 14.4 Å². The Balaban J connectivity index is 1.66. The fourth-order valence-electron chi connectivity index (χ4n) is 6.47. The number of hydrogen-bond donors (Lipinski definition) is 3. The number of carbonyl (C=O) groups is 3. The molecule has 0 heterocycles. The normalized spacial score (nSPS) is 26.3. The Kier molecular flexibility index (Phi) is 10.6. The summed E-state index contributed by atoms with van der Waals surface area (Å²) in [5.74, 6) is 0.294. The molecule has 6 atom stereocenters. The summed E-state index contributed by atoms with van der Waals surface area (Å²) < 4.78 is 0. The minimum Gasteiger partial charge on any atom is -0.353 e. The maximum Gasteiger partial charge on any atom is 0.223 e. The molecule has 3 amide bonds. The van der Waals surface area contributed by atoms with E-state index in [9.17, 15) is 14.4 Å². The van der Waals surface area contributed by atoms with Crippen LogP contribution >= 0.6 is 0 Å². The first kappa shape index (κ1) is 27.2. The van der Waals surface area contributed by atoms with Crippen LogP contribution in [0.1, 0.15) is 90.5 Å². The zero-order valence-corrected chi connectivity index (χ0v) is 21.9. The lowest BCUT2D eigenvalue weighted by Gasteiger charge is -2.40. The summed E-state index contributed by atoms with van der Waals surface area (Å²) in [4.78, 5) is 38.5. The fourth-order valence-corrected chi connectivity index (χ4v) is 6.47. The Morgan fingerprint density at radius 2 is 1.29 bits per heavy atom. The van der Waals surface area contributed by atoms with Crippen molar-refractivity contribution < 1.29 is 14.4 Å². The predicted molar refractivity (Wildman–Crippen MR) is 139 cm³/mol. The van der Waals surface area contributed by atoms with Gasteiger partial charge in [-0.1, -0.05) is 69.9 Å². The van der Waals surface area contributed by atoms with E-state index in [-0.39, 0.29) is 53.5 Å². The van der Waals surface area contributed by atoms with Crippen molar-refractivity contribution in [1.82, 2.24) is 16.0 Å². The maximum absolute atomic E-state index is 13.6. The Hall–Kier alpha value is -2.37. The van der Waals surface area contributed by atoms with Gasteiger partial charge in [0.25, 0.3) is 0 Å². The molecule has 3 rings (SSSR count). The van der Waals surface area contributed by atoms with Crippen LogP contribution in [-0.4, -0.2) is 29.8 Å². The van der Waals surface area contributed by atoms with Gasteiger partial charge >= 0.3 is 0 Å². The molecule has 35 heavy (non-hydrogen) atoms. The van der Waals surface area contributed by atoms with Gasteiger partial charge in [-0.05, 0) is 55.9 Å². The molecular weight excluding hydrogens is 438 g/mol. The van der Waals surface area contributed by atoms with Crippen LogP contribution in [0.5, 0.6) is 0 Å².